The highest BCUT2D eigenvalue weighted by Gasteiger charge is 2.11. The fourth-order valence-corrected chi connectivity index (χ4v) is 2.24. The van der Waals surface area contributed by atoms with Crippen LogP contribution in [-0.2, 0) is 6.54 Å². The number of halogens is 2. The first-order valence-corrected chi connectivity index (χ1v) is 7.87. The molecule has 0 fully saturated rings. The summed E-state index contributed by atoms with van der Waals surface area (Å²) in [4.78, 5) is 14.5. The SMILES string of the molecule is CN=C(NCCNc1ccccc1[N+](=O)[O-])NCc1cc(F)ccc1F. The second-order valence-electron chi connectivity index (χ2n) is 5.29. The molecule has 0 aliphatic rings. The summed E-state index contributed by atoms with van der Waals surface area (Å²) in [6.07, 6.45) is 0. The van der Waals surface area contributed by atoms with Crippen LogP contribution in [-0.4, -0.2) is 31.0 Å². The van der Waals surface area contributed by atoms with E-state index in [0.29, 0.717) is 24.7 Å². The van der Waals surface area contributed by atoms with E-state index in [-0.39, 0.29) is 17.8 Å². The van der Waals surface area contributed by atoms with Gasteiger partial charge in [-0.25, -0.2) is 8.78 Å². The van der Waals surface area contributed by atoms with Crippen molar-refractivity contribution in [1.82, 2.24) is 10.6 Å². The van der Waals surface area contributed by atoms with Gasteiger partial charge >= 0.3 is 0 Å². The van der Waals surface area contributed by atoms with Gasteiger partial charge in [0.05, 0.1) is 4.92 Å². The van der Waals surface area contributed by atoms with E-state index in [0.717, 1.165) is 18.2 Å². The first kappa shape index (κ1) is 19.1. The van der Waals surface area contributed by atoms with Crippen LogP contribution in [0.3, 0.4) is 0 Å². The van der Waals surface area contributed by atoms with Gasteiger partial charge in [0.25, 0.3) is 5.69 Å². The summed E-state index contributed by atoms with van der Waals surface area (Å²) in [6.45, 7) is 0.887. The summed E-state index contributed by atoms with van der Waals surface area (Å²) in [5.74, 6) is -0.620. The van der Waals surface area contributed by atoms with E-state index >= 15 is 0 Å². The number of hydrogen-bond donors (Lipinski definition) is 3. The molecule has 2 aromatic carbocycles. The Morgan fingerprint density at radius 3 is 2.65 bits per heavy atom. The van der Waals surface area contributed by atoms with Crippen molar-refractivity contribution >= 4 is 17.3 Å². The van der Waals surface area contributed by atoms with E-state index in [9.17, 15) is 18.9 Å². The van der Waals surface area contributed by atoms with Crippen molar-refractivity contribution in [3.8, 4) is 0 Å². The van der Waals surface area contributed by atoms with Crippen LogP contribution in [0.25, 0.3) is 0 Å². The van der Waals surface area contributed by atoms with Crippen molar-refractivity contribution in [1.29, 1.82) is 0 Å². The monoisotopic (exact) mass is 363 g/mol. The molecule has 9 heteroatoms. The molecule has 138 valence electrons. The number of benzene rings is 2. The molecule has 0 radical (unpaired) electrons. The Balaban J connectivity index is 1.81. The van der Waals surface area contributed by atoms with Gasteiger partial charge < -0.3 is 16.0 Å². The molecule has 0 aromatic heterocycles. The van der Waals surface area contributed by atoms with Crippen LogP contribution in [0.4, 0.5) is 20.2 Å². The normalized spacial score (nSPS) is 11.1. The molecule has 0 aliphatic carbocycles. The summed E-state index contributed by atoms with van der Waals surface area (Å²) >= 11 is 0. The molecule has 0 bridgehead atoms. The van der Waals surface area contributed by atoms with E-state index in [1.165, 1.54) is 6.07 Å². The largest absolute Gasteiger partial charge is 0.378 e. The Labute approximate surface area is 149 Å². The van der Waals surface area contributed by atoms with Crippen LogP contribution in [0.5, 0.6) is 0 Å². The number of rotatable bonds is 7. The second-order valence-corrected chi connectivity index (χ2v) is 5.29. The molecule has 3 N–H and O–H groups in total. The van der Waals surface area contributed by atoms with E-state index in [1.54, 1.807) is 25.2 Å². The molecule has 26 heavy (non-hydrogen) atoms. The Kier molecular flexibility index (Phi) is 6.84. The average molecular weight is 363 g/mol. The maximum atomic E-state index is 13.6. The van der Waals surface area contributed by atoms with Crippen molar-refractivity contribution in [3.63, 3.8) is 0 Å². The first-order chi connectivity index (χ1) is 12.5. The molecule has 0 aliphatic heterocycles. The molecule has 0 atom stereocenters. The number of aliphatic imine (C=N–C) groups is 1. The third-order valence-electron chi connectivity index (χ3n) is 3.51. The van der Waals surface area contributed by atoms with Gasteiger partial charge in [-0.1, -0.05) is 12.1 Å². The van der Waals surface area contributed by atoms with Crippen LogP contribution in [0.1, 0.15) is 5.56 Å². The quantitative estimate of drug-likeness (QED) is 0.231. The van der Waals surface area contributed by atoms with Crippen molar-refractivity contribution in [3.05, 3.63) is 69.8 Å². The summed E-state index contributed by atoms with van der Waals surface area (Å²) in [6, 6.07) is 9.59. The third-order valence-corrected chi connectivity index (χ3v) is 3.51. The summed E-state index contributed by atoms with van der Waals surface area (Å²) in [5.41, 5.74) is 0.603. The van der Waals surface area contributed by atoms with Crippen LogP contribution in [0, 0.1) is 21.7 Å². The average Bonchev–Trinajstić information content (AvgIpc) is 2.64. The van der Waals surface area contributed by atoms with Crippen molar-refractivity contribution in [2.45, 2.75) is 6.54 Å². The fraction of sp³-hybridized carbons (Fsp3) is 0.235. The highest BCUT2D eigenvalue weighted by Crippen LogP contribution is 2.22. The zero-order valence-electron chi connectivity index (χ0n) is 14.1. The molecule has 0 saturated heterocycles. The van der Waals surface area contributed by atoms with Gasteiger partial charge in [0, 0.05) is 38.3 Å². The van der Waals surface area contributed by atoms with Gasteiger partial charge in [0.15, 0.2) is 5.96 Å². The first-order valence-electron chi connectivity index (χ1n) is 7.87. The number of hydrogen-bond acceptors (Lipinski definition) is 4. The lowest BCUT2D eigenvalue weighted by Gasteiger charge is -2.13. The second kappa shape index (κ2) is 9.30. The Bertz CT molecular complexity index is 798. The van der Waals surface area contributed by atoms with Gasteiger partial charge in [0.1, 0.15) is 17.3 Å². The smallest absolute Gasteiger partial charge is 0.292 e. The Morgan fingerprint density at radius 1 is 1.15 bits per heavy atom. The van der Waals surface area contributed by atoms with Crippen molar-refractivity contribution < 1.29 is 13.7 Å². The van der Waals surface area contributed by atoms with Gasteiger partial charge in [-0.05, 0) is 24.3 Å². The van der Waals surface area contributed by atoms with E-state index in [4.69, 9.17) is 0 Å². The summed E-state index contributed by atoms with van der Waals surface area (Å²) in [7, 11) is 1.55. The molecule has 2 aromatic rings. The molecule has 0 saturated carbocycles. The van der Waals surface area contributed by atoms with E-state index < -0.39 is 16.6 Å². The molecular formula is C17H19F2N5O2. The number of guanidine groups is 1. The molecule has 0 heterocycles. The minimum absolute atomic E-state index is 0.00316. The molecule has 2 rings (SSSR count). The van der Waals surface area contributed by atoms with Gasteiger partial charge in [0.2, 0.25) is 0 Å². The third kappa shape index (κ3) is 5.40. The summed E-state index contributed by atoms with van der Waals surface area (Å²) in [5, 5.41) is 19.8. The highest BCUT2D eigenvalue weighted by atomic mass is 19.1. The van der Waals surface area contributed by atoms with Gasteiger partial charge in [-0.3, -0.25) is 15.1 Å². The van der Waals surface area contributed by atoms with Gasteiger partial charge in [-0.2, -0.15) is 0 Å². The predicted octanol–water partition coefficient (Wildman–Crippen LogP) is 2.65. The number of nitrogens with zero attached hydrogens (tertiary/aromatic N) is 2. The number of nitro benzene ring substituents is 1. The zero-order chi connectivity index (χ0) is 18.9. The van der Waals surface area contributed by atoms with Crippen molar-refractivity contribution in [2.24, 2.45) is 4.99 Å². The molecule has 7 nitrogen and oxygen atoms in total. The fourth-order valence-electron chi connectivity index (χ4n) is 2.24. The lowest BCUT2D eigenvalue weighted by molar-refractivity contribution is -0.384. The number of para-hydroxylation sites is 2. The van der Waals surface area contributed by atoms with Crippen molar-refractivity contribution in [2.75, 3.05) is 25.5 Å². The van der Waals surface area contributed by atoms with Crippen LogP contribution >= 0.6 is 0 Å². The molecule has 0 amide bonds. The molecular weight excluding hydrogens is 344 g/mol. The number of anilines is 1. The van der Waals surface area contributed by atoms with E-state index in [1.807, 2.05) is 0 Å². The molecule has 0 spiro atoms. The Morgan fingerprint density at radius 2 is 1.92 bits per heavy atom. The van der Waals surface area contributed by atoms with Crippen LogP contribution in [0.15, 0.2) is 47.5 Å². The predicted molar refractivity (Wildman–Crippen MR) is 96.1 cm³/mol. The lowest BCUT2D eigenvalue weighted by atomic mass is 10.2. The standard InChI is InChI=1S/C17H19F2N5O2/c1-20-17(23-11-12-10-13(18)6-7-14(12)19)22-9-8-21-15-4-2-3-5-16(15)24(25)26/h2-7,10,21H,8-9,11H2,1H3,(H2,20,22,23). The molecule has 0 unspecified atom stereocenters. The lowest BCUT2D eigenvalue weighted by Crippen LogP contribution is -2.39. The summed E-state index contributed by atoms with van der Waals surface area (Å²) < 4.78 is 26.7. The minimum Gasteiger partial charge on any atom is -0.378 e. The zero-order valence-corrected chi connectivity index (χ0v) is 14.1. The van der Waals surface area contributed by atoms with Gasteiger partial charge in [-0.15, -0.1) is 0 Å². The van der Waals surface area contributed by atoms with Crippen LogP contribution in [0.2, 0.25) is 0 Å². The topological polar surface area (TPSA) is 91.6 Å². The Hall–Kier alpha value is -3.23. The highest BCUT2D eigenvalue weighted by molar-refractivity contribution is 5.79. The van der Waals surface area contributed by atoms with E-state index in [2.05, 4.69) is 20.9 Å². The maximum Gasteiger partial charge on any atom is 0.292 e. The van der Waals surface area contributed by atoms with Crippen LogP contribution < -0.4 is 16.0 Å². The number of nitrogens with one attached hydrogen (secondary N) is 3. The maximum absolute atomic E-state index is 13.6. The minimum atomic E-state index is -0.514. The number of nitro groups is 1.